The molecule has 4 rings (SSSR count). The van der Waals surface area contributed by atoms with Crippen LogP contribution in [0.3, 0.4) is 0 Å². The molecule has 32 heavy (non-hydrogen) atoms. The lowest BCUT2D eigenvalue weighted by atomic mass is 10.1. The van der Waals surface area contributed by atoms with Gasteiger partial charge < -0.3 is 24.4 Å². The van der Waals surface area contributed by atoms with Gasteiger partial charge in [0, 0.05) is 30.2 Å². The zero-order valence-corrected chi connectivity index (χ0v) is 19.2. The number of methoxy groups -OCH3 is 3. The molecular weight excluding hydrogens is 430 g/mol. The highest BCUT2D eigenvalue weighted by molar-refractivity contribution is 6.32. The first kappa shape index (κ1) is 22.0. The molecule has 1 aliphatic rings. The number of carbonyl (C=O) groups excluding carboxylic acids is 1. The molecule has 1 amide bonds. The van der Waals surface area contributed by atoms with Gasteiger partial charge in [-0.1, -0.05) is 11.6 Å². The maximum Gasteiger partial charge on any atom is 0.272 e. The third-order valence-electron chi connectivity index (χ3n) is 5.61. The molecule has 0 spiro atoms. The number of pyridine rings is 1. The van der Waals surface area contributed by atoms with Gasteiger partial charge in [-0.05, 0) is 49.6 Å². The van der Waals surface area contributed by atoms with Crippen LogP contribution in [0.25, 0.3) is 10.9 Å². The highest BCUT2D eigenvalue weighted by atomic mass is 35.5. The van der Waals surface area contributed by atoms with Crippen LogP contribution in [0.15, 0.2) is 36.4 Å². The average molecular weight is 456 g/mol. The van der Waals surface area contributed by atoms with Crippen LogP contribution in [0.1, 0.15) is 29.8 Å². The summed E-state index contributed by atoms with van der Waals surface area (Å²) in [6, 6.07) is 10.8. The summed E-state index contributed by atoms with van der Waals surface area (Å²) in [6.07, 6.45) is 3.18. The van der Waals surface area contributed by atoms with Gasteiger partial charge in [0.1, 0.15) is 11.4 Å². The largest absolute Gasteiger partial charge is 0.495 e. The Morgan fingerprint density at radius 1 is 0.938 bits per heavy atom. The van der Waals surface area contributed by atoms with Gasteiger partial charge in [-0.15, -0.1) is 0 Å². The van der Waals surface area contributed by atoms with Crippen molar-refractivity contribution in [1.29, 1.82) is 0 Å². The molecule has 2 heterocycles. The number of aromatic nitrogens is 1. The molecule has 8 heteroatoms. The Kier molecular flexibility index (Phi) is 6.55. The standard InChI is InChI=1S/C24H26ClN3O4/c1-30-21-8-7-15(11-17(21)25)26-18-13-20(24(29)28-9-5-4-6-10-28)27-19-14-23(32-3)22(31-2)12-16(18)19/h7-8,11-14H,4-6,9-10H2,1-3H3,(H,26,27). The number of piperidine rings is 1. The lowest BCUT2D eigenvalue weighted by Gasteiger charge is -2.26. The molecule has 0 atom stereocenters. The van der Waals surface area contributed by atoms with Crippen molar-refractivity contribution in [3.05, 3.63) is 47.1 Å². The number of amides is 1. The number of rotatable bonds is 6. The SMILES string of the molecule is COc1ccc(Nc2cc(C(=O)N3CCCCC3)nc3cc(OC)c(OC)cc23)cc1Cl. The molecule has 1 fully saturated rings. The second kappa shape index (κ2) is 9.53. The van der Waals surface area contributed by atoms with Crippen LogP contribution < -0.4 is 19.5 Å². The zero-order chi connectivity index (χ0) is 22.7. The molecule has 7 nitrogen and oxygen atoms in total. The van der Waals surface area contributed by atoms with Crippen molar-refractivity contribution in [2.24, 2.45) is 0 Å². The molecule has 2 aromatic carbocycles. The van der Waals surface area contributed by atoms with Crippen molar-refractivity contribution in [3.63, 3.8) is 0 Å². The van der Waals surface area contributed by atoms with Gasteiger partial charge in [0.2, 0.25) is 0 Å². The summed E-state index contributed by atoms with van der Waals surface area (Å²) >= 11 is 6.31. The van der Waals surface area contributed by atoms with Gasteiger partial charge in [0.25, 0.3) is 5.91 Å². The Morgan fingerprint density at radius 3 is 2.28 bits per heavy atom. The van der Waals surface area contributed by atoms with E-state index in [2.05, 4.69) is 10.3 Å². The molecule has 168 valence electrons. The smallest absolute Gasteiger partial charge is 0.272 e. The van der Waals surface area contributed by atoms with Crippen LogP contribution in [0.5, 0.6) is 17.2 Å². The van der Waals surface area contributed by atoms with E-state index in [-0.39, 0.29) is 5.91 Å². The van der Waals surface area contributed by atoms with E-state index in [0.29, 0.717) is 33.5 Å². The number of fused-ring (bicyclic) bond motifs is 1. The Bertz CT molecular complexity index is 1150. The van der Waals surface area contributed by atoms with Gasteiger partial charge in [-0.2, -0.15) is 0 Å². The Labute approximate surface area is 192 Å². The highest BCUT2D eigenvalue weighted by Crippen LogP contribution is 2.37. The number of hydrogen-bond donors (Lipinski definition) is 1. The number of hydrogen-bond acceptors (Lipinski definition) is 6. The Balaban J connectivity index is 1.81. The minimum Gasteiger partial charge on any atom is -0.495 e. The number of halogens is 1. The van der Waals surface area contributed by atoms with E-state index in [1.54, 1.807) is 45.6 Å². The van der Waals surface area contributed by atoms with Crippen LogP contribution in [0.4, 0.5) is 11.4 Å². The van der Waals surface area contributed by atoms with E-state index in [9.17, 15) is 4.79 Å². The lowest BCUT2D eigenvalue weighted by Crippen LogP contribution is -2.36. The Morgan fingerprint density at radius 2 is 1.62 bits per heavy atom. The topological polar surface area (TPSA) is 72.9 Å². The first-order valence-corrected chi connectivity index (χ1v) is 10.9. The normalized spacial score (nSPS) is 13.7. The number of likely N-dealkylation sites (tertiary alicyclic amines) is 1. The van der Waals surface area contributed by atoms with Crippen molar-refractivity contribution >= 4 is 39.8 Å². The summed E-state index contributed by atoms with van der Waals surface area (Å²) in [5.74, 6) is 1.64. The van der Waals surface area contributed by atoms with Crippen molar-refractivity contribution in [2.75, 3.05) is 39.7 Å². The van der Waals surface area contributed by atoms with Crippen molar-refractivity contribution in [3.8, 4) is 17.2 Å². The third kappa shape index (κ3) is 4.39. The third-order valence-corrected chi connectivity index (χ3v) is 5.90. The molecule has 0 radical (unpaired) electrons. The molecule has 1 aromatic heterocycles. The van der Waals surface area contributed by atoms with E-state index in [1.165, 1.54) is 0 Å². The predicted octanol–water partition coefficient (Wildman–Crippen LogP) is 5.28. The van der Waals surface area contributed by atoms with E-state index in [0.717, 1.165) is 49.1 Å². The van der Waals surface area contributed by atoms with Gasteiger partial charge in [0.15, 0.2) is 11.5 Å². The summed E-state index contributed by atoms with van der Waals surface area (Å²) in [5, 5.41) is 4.66. The van der Waals surface area contributed by atoms with Crippen LogP contribution in [0, 0.1) is 0 Å². The number of carbonyl (C=O) groups is 1. The van der Waals surface area contributed by atoms with Crippen LogP contribution >= 0.6 is 11.6 Å². The van der Waals surface area contributed by atoms with Gasteiger partial charge in [-0.25, -0.2) is 4.98 Å². The number of anilines is 2. The minimum atomic E-state index is -0.0720. The van der Waals surface area contributed by atoms with Crippen molar-refractivity contribution in [1.82, 2.24) is 9.88 Å². The molecular formula is C24H26ClN3O4. The number of ether oxygens (including phenoxy) is 3. The summed E-state index contributed by atoms with van der Waals surface area (Å²) in [7, 11) is 4.73. The molecule has 1 saturated heterocycles. The van der Waals surface area contributed by atoms with Crippen molar-refractivity contribution in [2.45, 2.75) is 19.3 Å². The second-order valence-electron chi connectivity index (χ2n) is 7.61. The highest BCUT2D eigenvalue weighted by Gasteiger charge is 2.22. The molecule has 0 saturated carbocycles. The number of benzene rings is 2. The van der Waals surface area contributed by atoms with Crippen LogP contribution in [-0.4, -0.2) is 50.2 Å². The maximum absolute atomic E-state index is 13.2. The quantitative estimate of drug-likeness (QED) is 0.545. The Hall–Kier alpha value is -3.19. The fraction of sp³-hybridized carbons (Fsp3) is 0.333. The van der Waals surface area contributed by atoms with Crippen LogP contribution in [0.2, 0.25) is 5.02 Å². The summed E-state index contributed by atoms with van der Waals surface area (Å²) < 4.78 is 16.2. The first-order chi connectivity index (χ1) is 15.5. The molecule has 1 N–H and O–H groups in total. The molecule has 0 unspecified atom stereocenters. The monoisotopic (exact) mass is 455 g/mol. The van der Waals surface area contributed by atoms with Gasteiger partial charge in [0.05, 0.1) is 37.6 Å². The lowest BCUT2D eigenvalue weighted by molar-refractivity contribution is 0.0719. The van der Waals surface area contributed by atoms with Gasteiger partial charge >= 0.3 is 0 Å². The number of nitrogens with one attached hydrogen (secondary N) is 1. The van der Waals surface area contributed by atoms with Crippen molar-refractivity contribution < 1.29 is 19.0 Å². The molecule has 3 aromatic rings. The van der Waals surface area contributed by atoms with E-state index in [4.69, 9.17) is 25.8 Å². The fourth-order valence-electron chi connectivity index (χ4n) is 3.92. The van der Waals surface area contributed by atoms with E-state index in [1.807, 2.05) is 17.0 Å². The zero-order valence-electron chi connectivity index (χ0n) is 18.4. The summed E-state index contributed by atoms with van der Waals surface area (Å²) in [4.78, 5) is 19.7. The van der Waals surface area contributed by atoms with E-state index < -0.39 is 0 Å². The molecule has 0 bridgehead atoms. The predicted molar refractivity (Wildman–Crippen MR) is 126 cm³/mol. The van der Waals surface area contributed by atoms with E-state index >= 15 is 0 Å². The molecule has 0 aliphatic carbocycles. The summed E-state index contributed by atoms with van der Waals surface area (Å²) in [6.45, 7) is 1.50. The molecule has 1 aliphatic heterocycles. The minimum absolute atomic E-state index is 0.0720. The maximum atomic E-state index is 13.2. The summed E-state index contributed by atoms with van der Waals surface area (Å²) in [5.41, 5.74) is 2.49. The second-order valence-corrected chi connectivity index (χ2v) is 8.01. The fourth-order valence-corrected chi connectivity index (χ4v) is 4.18. The van der Waals surface area contributed by atoms with Crippen LogP contribution in [-0.2, 0) is 0 Å². The first-order valence-electron chi connectivity index (χ1n) is 10.5. The number of nitrogens with zero attached hydrogens (tertiary/aromatic N) is 2. The average Bonchev–Trinajstić information content (AvgIpc) is 2.83. The van der Waals surface area contributed by atoms with Gasteiger partial charge in [-0.3, -0.25) is 4.79 Å².